The van der Waals surface area contributed by atoms with Gasteiger partial charge in [0.15, 0.2) is 5.82 Å². The van der Waals surface area contributed by atoms with E-state index in [1.807, 2.05) is 0 Å². The van der Waals surface area contributed by atoms with Gasteiger partial charge in [0.2, 0.25) is 0 Å². The van der Waals surface area contributed by atoms with Crippen molar-refractivity contribution in [2.75, 3.05) is 6.54 Å². The predicted octanol–water partition coefficient (Wildman–Crippen LogP) is 4.91. The maximum Gasteiger partial charge on any atom is 0.256 e. The fraction of sp³-hybridized carbons (Fsp3) is 0.708. The molecule has 0 aromatic carbocycles. The van der Waals surface area contributed by atoms with Crippen LogP contribution in [0.5, 0.6) is 0 Å². The van der Waals surface area contributed by atoms with E-state index in [1.54, 1.807) is 0 Å². The highest BCUT2D eigenvalue weighted by Gasteiger charge is 2.36. The van der Waals surface area contributed by atoms with Gasteiger partial charge in [-0.15, -0.1) is 10.2 Å². The standard InChI is InChI=1S/C24H35N5O/c1-17-16-20(18(2)29(17)19-10-5-3-6-11-19)24(30)27-15-9-12-21(27)23-26-25-22-13-7-4-8-14-28(22)23/h16,19,21H,3-15H2,1-2H3. The molecule has 0 radical (unpaired) electrons. The Morgan fingerprint density at radius 1 is 0.933 bits per heavy atom. The molecule has 2 aromatic rings. The second-order valence-corrected chi connectivity index (χ2v) is 9.54. The molecule has 2 aliphatic heterocycles. The molecule has 5 rings (SSSR count). The molecule has 3 aliphatic rings. The summed E-state index contributed by atoms with van der Waals surface area (Å²) in [7, 11) is 0. The largest absolute Gasteiger partial charge is 0.345 e. The van der Waals surface area contributed by atoms with Crippen LogP contribution in [0.15, 0.2) is 6.07 Å². The zero-order valence-corrected chi connectivity index (χ0v) is 18.6. The van der Waals surface area contributed by atoms with Crippen LogP contribution in [-0.2, 0) is 13.0 Å². The van der Waals surface area contributed by atoms with Gasteiger partial charge in [0.05, 0.1) is 11.6 Å². The minimum atomic E-state index is 0.0644. The van der Waals surface area contributed by atoms with Crippen LogP contribution in [0, 0.1) is 13.8 Å². The maximum atomic E-state index is 13.7. The van der Waals surface area contributed by atoms with E-state index < -0.39 is 0 Å². The number of aromatic nitrogens is 4. The van der Waals surface area contributed by atoms with Crippen molar-refractivity contribution < 1.29 is 4.79 Å². The smallest absolute Gasteiger partial charge is 0.256 e. The molecule has 1 unspecified atom stereocenters. The lowest BCUT2D eigenvalue weighted by Gasteiger charge is -2.27. The van der Waals surface area contributed by atoms with E-state index in [4.69, 9.17) is 0 Å². The first-order valence-corrected chi connectivity index (χ1v) is 12.1. The van der Waals surface area contributed by atoms with E-state index in [-0.39, 0.29) is 11.9 Å². The normalized spacial score (nSPS) is 22.9. The van der Waals surface area contributed by atoms with Crippen LogP contribution >= 0.6 is 0 Å². The first-order valence-electron chi connectivity index (χ1n) is 12.1. The number of fused-ring (bicyclic) bond motifs is 1. The number of aryl methyl sites for hydroxylation is 2. The number of amides is 1. The average Bonchev–Trinajstić information content (AvgIpc) is 3.41. The highest BCUT2D eigenvalue weighted by atomic mass is 16.2. The van der Waals surface area contributed by atoms with E-state index in [0.29, 0.717) is 6.04 Å². The van der Waals surface area contributed by atoms with Crippen LogP contribution in [0.25, 0.3) is 0 Å². The molecule has 30 heavy (non-hydrogen) atoms. The van der Waals surface area contributed by atoms with Crippen molar-refractivity contribution in [3.05, 3.63) is 34.7 Å². The lowest BCUT2D eigenvalue weighted by atomic mass is 9.95. The number of hydrogen-bond donors (Lipinski definition) is 0. The van der Waals surface area contributed by atoms with Crippen molar-refractivity contribution in [3.8, 4) is 0 Å². The van der Waals surface area contributed by atoms with E-state index in [1.165, 1.54) is 57.1 Å². The molecule has 6 heteroatoms. The van der Waals surface area contributed by atoms with Crippen molar-refractivity contribution in [3.63, 3.8) is 0 Å². The molecule has 1 amide bonds. The Hall–Kier alpha value is -2.11. The summed E-state index contributed by atoms with van der Waals surface area (Å²) in [6.45, 7) is 6.12. The molecule has 0 N–H and O–H groups in total. The number of rotatable bonds is 3. The van der Waals surface area contributed by atoms with E-state index >= 15 is 0 Å². The highest BCUT2D eigenvalue weighted by molar-refractivity contribution is 5.96. The van der Waals surface area contributed by atoms with Crippen LogP contribution in [-0.4, -0.2) is 36.7 Å². The molecule has 0 bridgehead atoms. The Bertz CT molecular complexity index is 920. The predicted molar refractivity (Wildman–Crippen MR) is 117 cm³/mol. The summed E-state index contributed by atoms with van der Waals surface area (Å²) in [6.07, 6.45) is 13.1. The Balaban J connectivity index is 1.43. The molecular weight excluding hydrogens is 374 g/mol. The zero-order valence-electron chi connectivity index (χ0n) is 18.6. The van der Waals surface area contributed by atoms with E-state index in [0.717, 1.165) is 55.3 Å². The van der Waals surface area contributed by atoms with Gasteiger partial charge in [-0.2, -0.15) is 0 Å². The fourth-order valence-corrected chi connectivity index (χ4v) is 6.08. The first-order chi connectivity index (χ1) is 14.6. The minimum Gasteiger partial charge on any atom is -0.345 e. The number of likely N-dealkylation sites (tertiary alicyclic amines) is 1. The lowest BCUT2D eigenvalue weighted by Crippen LogP contribution is -2.32. The number of hydrogen-bond acceptors (Lipinski definition) is 3. The second kappa shape index (κ2) is 8.20. The third kappa shape index (κ3) is 3.38. The molecule has 0 spiro atoms. The van der Waals surface area contributed by atoms with Gasteiger partial charge in [0, 0.05) is 36.9 Å². The second-order valence-electron chi connectivity index (χ2n) is 9.54. The summed E-state index contributed by atoms with van der Waals surface area (Å²) >= 11 is 0. The summed E-state index contributed by atoms with van der Waals surface area (Å²) in [5.74, 6) is 2.30. The van der Waals surface area contributed by atoms with Crippen molar-refractivity contribution in [2.45, 2.75) is 103 Å². The molecular formula is C24H35N5O. The van der Waals surface area contributed by atoms with Gasteiger partial charge in [-0.25, -0.2) is 0 Å². The third-order valence-electron chi connectivity index (χ3n) is 7.60. The molecule has 1 saturated carbocycles. The van der Waals surface area contributed by atoms with E-state index in [9.17, 15) is 4.79 Å². The molecule has 2 fully saturated rings. The highest BCUT2D eigenvalue weighted by Crippen LogP contribution is 2.36. The summed E-state index contributed by atoms with van der Waals surface area (Å²) in [6, 6.07) is 2.75. The Morgan fingerprint density at radius 2 is 1.73 bits per heavy atom. The van der Waals surface area contributed by atoms with Gasteiger partial charge in [-0.05, 0) is 58.4 Å². The molecule has 6 nitrogen and oxygen atoms in total. The number of carbonyl (C=O) groups excluding carboxylic acids is 1. The van der Waals surface area contributed by atoms with Crippen LogP contribution in [0.1, 0.15) is 110 Å². The quantitative estimate of drug-likeness (QED) is 0.724. The van der Waals surface area contributed by atoms with Crippen LogP contribution in [0.2, 0.25) is 0 Å². The first kappa shape index (κ1) is 19.8. The van der Waals surface area contributed by atoms with Gasteiger partial charge in [0.1, 0.15) is 5.82 Å². The number of nitrogens with zero attached hydrogens (tertiary/aromatic N) is 5. The summed E-state index contributed by atoms with van der Waals surface area (Å²) in [4.78, 5) is 15.8. The topological polar surface area (TPSA) is 56.0 Å². The Kier molecular flexibility index (Phi) is 5.42. The van der Waals surface area contributed by atoms with Crippen molar-refractivity contribution in [2.24, 2.45) is 0 Å². The monoisotopic (exact) mass is 409 g/mol. The Morgan fingerprint density at radius 3 is 2.57 bits per heavy atom. The SMILES string of the molecule is Cc1cc(C(=O)N2CCCC2c2nnc3n2CCCCC3)c(C)n1C1CCCCC1. The van der Waals surface area contributed by atoms with Crippen molar-refractivity contribution in [1.82, 2.24) is 24.2 Å². The maximum absolute atomic E-state index is 13.7. The molecule has 162 valence electrons. The summed E-state index contributed by atoms with van der Waals surface area (Å²) < 4.78 is 4.76. The van der Waals surface area contributed by atoms with Gasteiger partial charge in [0.25, 0.3) is 5.91 Å². The van der Waals surface area contributed by atoms with Gasteiger partial charge in [-0.1, -0.05) is 25.7 Å². The van der Waals surface area contributed by atoms with Gasteiger partial charge < -0.3 is 14.0 Å². The molecule has 2 aromatic heterocycles. The molecule has 1 saturated heterocycles. The lowest BCUT2D eigenvalue weighted by molar-refractivity contribution is 0.0726. The average molecular weight is 410 g/mol. The van der Waals surface area contributed by atoms with Crippen molar-refractivity contribution >= 4 is 5.91 Å². The van der Waals surface area contributed by atoms with Crippen LogP contribution in [0.4, 0.5) is 0 Å². The fourth-order valence-electron chi connectivity index (χ4n) is 6.08. The zero-order chi connectivity index (χ0) is 20.7. The van der Waals surface area contributed by atoms with Crippen LogP contribution in [0.3, 0.4) is 0 Å². The van der Waals surface area contributed by atoms with Crippen molar-refractivity contribution in [1.29, 1.82) is 0 Å². The molecule has 1 atom stereocenters. The van der Waals surface area contributed by atoms with Gasteiger partial charge >= 0.3 is 0 Å². The number of carbonyl (C=O) groups is 1. The van der Waals surface area contributed by atoms with E-state index in [2.05, 4.69) is 44.1 Å². The summed E-state index contributed by atoms with van der Waals surface area (Å²) in [5.41, 5.74) is 3.27. The molecule has 1 aliphatic carbocycles. The van der Waals surface area contributed by atoms with Gasteiger partial charge in [-0.3, -0.25) is 4.79 Å². The third-order valence-corrected chi connectivity index (χ3v) is 7.60. The van der Waals surface area contributed by atoms with Crippen LogP contribution < -0.4 is 0 Å². The molecule has 4 heterocycles. The Labute approximate surface area is 179 Å². The summed E-state index contributed by atoms with van der Waals surface area (Å²) in [5, 5.41) is 9.08. The minimum absolute atomic E-state index is 0.0644.